The van der Waals surface area contributed by atoms with Crippen molar-refractivity contribution in [1.29, 1.82) is 0 Å². The van der Waals surface area contributed by atoms with Gasteiger partial charge in [-0.1, -0.05) is 0 Å². The van der Waals surface area contributed by atoms with Crippen molar-refractivity contribution in [1.82, 2.24) is 24.9 Å². The molecule has 1 aliphatic heterocycles. The second-order valence-corrected chi connectivity index (χ2v) is 9.61. The molecular weight excluding hydrogens is 418 g/mol. The molecule has 1 N–H and O–H groups in total. The number of likely N-dealkylation sites (tertiary alicyclic amines) is 1. The van der Waals surface area contributed by atoms with E-state index in [1.165, 1.54) is 31.6 Å². The third kappa shape index (κ3) is 3.64. The van der Waals surface area contributed by atoms with Crippen molar-refractivity contribution >= 4 is 21.6 Å². The monoisotopic (exact) mass is 440 g/mol. The zero-order chi connectivity index (χ0) is 21.5. The third-order valence-corrected chi connectivity index (χ3v) is 7.39. The van der Waals surface area contributed by atoms with Crippen molar-refractivity contribution in [3.05, 3.63) is 30.2 Å². The maximum absolute atomic E-state index is 15.5. The number of piperidine rings is 1. The zero-order valence-corrected chi connectivity index (χ0v) is 17.1. The summed E-state index contributed by atoms with van der Waals surface area (Å²) < 4.78 is 57.8. The summed E-state index contributed by atoms with van der Waals surface area (Å²) in [6, 6.07) is 0.112. The number of sulfone groups is 1. The first-order chi connectivity index (χ1) is 14.2. The van der Waals surface area contributed by atoms with Crippen LogP contribution in [0.3, 0.4) is 0 Å². The molecule has 2 aromatic rings. The van der Waals surface area contributed by atoms with Crippen LogP contribution in [0.4, 0.5) is 19.3 Å². The molecule has 1 saturated heterocycles. The largest absolute Gasteiger partial charge is 0.371 e. The number of hydrogen-bond acceptors (Lipinski definition) is 6. The number of aryl methyl sites for hydroxylation is 1. The van der Waals surface area contributed by atoms with Crippen LogP contribution in [-0.2, 0) is 16.9 Å². The van der Waals surface area contributed by atoms with Crippen molar-refractivity contribution in [2.24, 2.45) is 7.05 Å². The van der Waals surface area contributed by atoms with Crippen LogP contribution in [0.5, 0.6) is 0 Å². The van der Waals surface area contributed by atoms with Gasteiger partial charge in [0.05, 0.1) is 23.8 Å². The lowest BCUT2D eigenvalue weighted by molar-refractivity contribution is -0.0112. The van der Waals surface area contributed by atoms with E-state index in [2.05, 4.69) is 20.6 Å². The molecule has 2 aromatic heterocycles. The highest BCUT2D eigenvalue weighted by Gasteiger charge is 2.57. The number of anilines is 1. The Morgan fingerprint density at radius 3 is 2.67 bits per heavy atom. The molecular formula is C18H22F2N6O3S. The van der Waals surface area contributed by atoms with E-state index < -0.39 is 32.2 Å². The van der Waals surface area contributed by atoms with Crippen molar-refractivity contribution in [3.8, 4) is 0 Å². The van der Waals surface area contributed by atoms with Gasteiger partial charge in [0.15, 0.2) is 5.03 Å². The molecule has 0 aromatic carbocycles. The fourth-order valence-corrected chi connectivity index (χ4v) is 5.25. The Balaban J connectivity index is 1.62. The van der Waals surface area contributed by atoms with Crippen LogP contribution in [0.25, 0.3) is 0 Å². The second-order valence-electron chi connectivity index (χ2n) is 7.64. The van der Waals surface area contributed by atoms with E-state index in [1.54, 1.807) is 0 Å². The van der Waals surface area contributed by atoms with Gasteiger partial charge in [-0.15, -0.1) is 0 Å². The van der Waals surface area contributed by atoms with Crippen molar-refractivity contribution in [2.75, 3.05) is 11.9 Å². The van der Waals surface area contributed by atoms with E-state index >= 15 is 8.78 Å². The molecule has 0 radical (unpaired) electrons. The number of amides is 2. The number of halogens is 2. The number of alkyl halides is 2. The zero-order valence-electron chi connectivity index (χ0n) is 16.3. The summed E-state index contributed by atoms with van der Waals surface area (Å²) in [6.45, 7) is 0.0266. The summed E-state index contributed by atoms with van der Waals surface area (Å²) >= 11 is 0. The topological polar surface area (TPSA) is 110 Å². The van der Waals surface area contributed by atoms with Gasteiger partial charge < -0.3 is 10.2 Å². The molecule has 2 aliphatic rings. The molecule has 4 rings (SSSR count). The Labute approximate surface area is 172 Å². The Morgan fingerprint density at radius 1 is 1.23 bits per heavy atom. The number of urea groups is 1. The molecule has 30 heavy (non-hydrogen) atoms. The minimum atomic E-state index is -5.07. The Bertz CT molecular complexity index is 1040. The van der Waals surface area contributed by atoms with Gasteiger partial charge >= 0.3 is 11.3 Å². The van der Waals surface area contributed by atoms with Crippen LogP contribution in [0.2, 0.25) is 0 Å². The summed E-state index contributed by atoms with van der Waals surface area (Å²) in [6.07, 6.45) is 5.15. The summed E-state index contributed by atoms with van der Waals surface area (Å²) in [4.78, 5) is 13.6. The normalized spacial score (nSPS) is 20.2. The molecule has 2 amide bonds. The van der Waals surface area contributed by atoms with Crippen molar-refractivity contribution in [3.63, 3.8) is 0 Å². The Hall–Kier alpha value is -2.63. The molecule has 1 saturated carbocycles. The SMILES string of the molecule is Cn1nc(C2CC2)cc1S(=O)(=O)C(F)(F)C1CCCCN1C(=O)Nc1ccnnc1. The number of rotatable bonds is 5. The predicted octanol–water partition coefficient (Wildman–Crippen LogP) is 2.54. The van der Waals surface area contributed by atoms with Crippen LogP contribution in [0.15, 0.2) is 29.6 Å². The van der Waals surface area contributed by atoms with E-state index in [-0.39, 0.29) is 24.6 Å². The number of carbonyl (C=O) groups is 1. The molecule has 1 unspecified atom stereocenters. The first kappa shape index (κ1) is 20.6. The lowest BCUT2D eigenvalue weighted by Gasteiger charge is -2.39. The number of nitrogens with one attached hydrogen (secondary N) is 1. The van der Waals surface area contributed by atoms with Gasteiger partial charge in [-0.05, 0) is 44.2 Å². The average molecular weight is 440 g/mol. The van der Waals surface area contributed by atoms with Gasteiger partial charge in [0.1, 0.15) is 6.04 Å². The fraction of sp³-hybridized carbons (Fsp3) is 0.556. The highest BCUT2D eigenvalue weighted by atomic mass is 32.2. The summed E-state index contributed by atoms with van der Waals surface area (Å²) in [5.74, 6) is 0.125. The second kappa shape index (κ2) is 7.56. The lowest BCUT2D eigenvalue weighted by Crippen LogP contribution is -2.57. The maximum Gasteiger partial charge on any atom is 0.371 e. The fourth-order valence-electron chi connectivity index (χ4n) is 3.70. The van der Waals surface area contributed by atoms with Gasteiger partial charge in [0.25, 0.3) is 9.84 Å². The lowest BCUT2D eigenvalue weighted by atomic mass is 10.0. The average Bonchev–Trinajstić information content (AvgIpc) is 3.50. The summed E-state index contributed by atoms with van der Waals surface area (Å²) in [7, 11) is -3.73. The van der Waals surface area contributed by atoms with Gasteiger partial charge in [0.2, 0.25) is 0 Å². The Morgan fingerprint density at radius 2 is 2.00 bits per heavy atom. The summed E-state index contributed by atoms with van der Waals surface area (Å²) in [5, 5.41) is 9.10. The van der Waals surface area contributed by atoms with E-state index in [4.69, 9.17) is 0 Å². The highest BCUT2D eigenvalue weighted by molar-refractivity contribution is 7.92. The molecule has 9 nitrogen and oxygen atoms in total. The minimum absolute atomic E-state index is 0.0266. The molecule has 1 aliphatic carbocycles. The van der Waals surface area contributed by atoms with E-state index in [0.717, 1.165) is 22.4 Å². The van der Waals surface area contributed by atoms with Crippen molar-refractivity contribution in [2.45, 2.75) is 54.3 Å². The molecule has 162 valence electrons. The standard InChI is InChI=1S/C18H22F2N6O3S/c1-25-16(10-14(24-25)12-5-6-12)30(28,29)18(19,20)15-4-2-3-9-26(15)17(27)23-13-7-8-21-22-11-13/h7-8,10-12,15H,2-6,9H2,1H3,(H,21,23,27). The Kier molecular flexibility index (Phi) is 5.20. The summed E-state index contributed by atoms with van der Waals surface area (Å²) in [5.41, 5.74) is 0.793. The van der Waals surface area contributed by atoms with E-state index in [9.17, 15) is 13.2 Å². The van der Waals surface area contributed by atoms with Gasteiger partial charge in [-0.3, -0.25) is 4.68 Å². The van der Waals surface area contributed by atoms with Crippen LogP contribution >= 0.6 is 0 Å². The quantitative estimate of drug-likeness (QED) is 0.765. The number of aromatic nitrogens is 4. The van der Waals surface area contributed by atoms with Gasteiger partial charge in [-0.2, -0.15) is 24.1 Å². The van der Waals surface area contributed by atoms with Gasteiger partial charge in [0, 0.05) is 19.5 Å². The molecule has 0 spiro atoms. The van der Waals surface area contributed by atoms with Gasteiger partial charge in [-0.25, -0.2) is 13.2 Å². The number of hydrogen-bond donors (Lipinski definition) is 1. The van der Waals surface area contributed by atoms with Crippen LogP contribution in [-0.4, -0.2) is 57.2 Å². The van der Waals surface area contributed by atoms with Crippen LogP contribution in [0.1, 0.15) is 43.7 Å². The minimum Gasteiger partial charge on any atom is -0.314 e. The number of nitrogens with zero attached hydrogens (tertiary/aromatic N) is 5. The molecule has 0 bridgehead atoms. The first-order valence-electron chi connectivity index (χ1n) is 9.72. The molecule has 3 heterocycles. The van der Waals surface area contributed by atoms with Crippen molar-refractivity contribution < 1.29 is 22.0 Å². The van der Waals surface area contributed by atoms with Crippen LogP contribution < -0.4 is 5.32 Å². The molecule has 1 atom stereocenters. The third-order valence-electron chi connectivity index (χ3n) is 5.47. The highest BCUT2D eigenvalue weighted by Crippen LogP contribution is 2.43. The van der Waals surface area contributed by atoms with E-state index in [1.807, 2.05) is 0 Å². The van der Waals surface area contributed by atoms with Crippen LogP contribution in [0, 0.1) is 0 Å². The molecule has 2 fully saturated rings. The van der Waals surface area contributed by atoms with E-state index in [0.29, 0.717) is 18.5 Å². The number of carbonyl (C=O) groups excluding carboxylic acids is 1. The first-order valence-corrected chi connectivity index (χ1v) is 11.2. The predicted molar refractivity (Wildman–Crippen MR) is 103 cm³/mol. The smallest absolute Gasteiger partial charge is 0.314 e. The molecule has 12 heteroatoms. The maximum atomic E-state index is 15.5.